The van der Waals surface area contributed by atoms with E-state index in [2.05, 4.69) is 4.98 Å². The van der Waals surface area contributed by atoms with E-state index < -0.39 is 21.3 Å². The molecule has 1 aromatic carbocycles. The Morgan fingerprint density at radius 1 is 1.25 bits per heavy atom. The molecule has 0 spiro atoms. The normalized spacial score (nSPS) is 11.3. The summed E-state index contributed by atoms with van der Waals surface area (Å²) in [6.45, 7) is 3.78. The molecule has 7 heteroatoms. The van der Waals surface area contributed by atoms with E-state index in [-0.39, 0.29) is 16.2 Å². The van der Waals surface area contributed by atoms with Crippen LogP contribution in [0.5, 0.6) is 0 Å². The summed E-state index contributed by atoms with van der Waals surface area (Å²) >= 11 is 0. The largest absolute Gasteiger partial charge is 0.337 e. The van der Waals surface area contributed by atoms with Gasteiger partial charge in [0.05, 0.1) is 10.6 Å². The molecule has 6 nitrogen and oxygen atoms in total. The van der Waals surface area contributed by atoms with Crippen molar-refractivity contribution in [2.45, 2.75) is 25.3 Å². The molecule has 1 aromatic heterocycles. The Balaban J connectivity index is 2.32. The second-order valence-electron chi connectivity index (χ2n) is 5.63. The maximum atomic E-state index is 12.5. The number of pyridine rings is 1. The van der Waals surface area contributed by atoms with Crippen molar-refractivity contribution in [3.05, 3.63) is 63.6 Å². The van der Waals surface area contributed by atoms with Crippen LogP contribution in [0.1, 0.15) is 28.4 Å². The highest BCUT2D eigenvalue weighted by Crippen LogP contribution is 2.12. The topological polar surface area (TPSA) is 87.3 Å². The zero-order valence-corrected chi connectivity index (χ0v) is 14.7. The van der Waals surface area contributed by atoms with Gasteiger partial charge >= 0.3 is 0 Å². The maximum absolute atomic E-state index is 12.5. The molecule has 0 saturated heterocycles. The lowest BCUT2D eigenvalue weighted by atomic mass is 10.1. The minimum Gasteiger partial charge on any atom is -0.337 e. The summed E-state index contributed by atoms with van der Waals surface area (Å²) in [6, 6.07) is 8.83. The molecule has 1 amide bonds. The average Bonchev–Trinajstić information content (AvgIpc) is 2.54. The zero-order chi connectivity index (χ0) is 17.9. The van der Waals surface area contributed by atoms with Gasteiger partial charge in [0.25, 0.3) is 11.5 Å². The zero-order valence-electron chi connectivity index (χ0n) is 13.9. The molecule has 0 bridgehead atoms. The van der Waals surface area contributed by atoms with E-state index in [1.54, 1.807) is 7.05 Å². The van der Waals surface area contributed by atoms with Gasteiger partial charge in [0.2, 0.25) is 0 Å². The van der Waals surface area contributed by atoms with E-state index in [1.807, 2.05) is 31.2 Å². The predicted molar refractivity (Wildman–Crippen MR) is 91.8 cm³/mol. The van der Waals surface area contributed by atoms with Crippen LogP contribution in [0.2, 0.25) is 0 Å². The van der Waals surface area contributed by atoms with Gasteiger partial charge in [-0.2, -0.15) is 0 Å². The number of hydrogen-bond acceptors (Lipinski definition) is 4. The van der Waals surface area contributed by atoms with Gasteiger partial charge in [0.15, 0.2) is 9.84 Å². The number of nitrogens with one attached hydrogen (secondary N) is 1. The molecule has 128 valence electrons. The Kier molecular flexibility index (Phi) is 5.23. The van der Waals surface area contributed by atoms with Crippen LogP contribution >= 0.6 is 0 Å². The first-order chi connectivity index (χ1) is 11.2. The van der Waals surface area contributed by atoms with Crippen LogP contribution in [0.3, 0.4) is 0 Å². The van der Waals surface area contributed by atoms with E-state index >= 15 is 0 Å². The van der Waals surface area contributed by atoms with Crippen LogP contribution in [0, 0.1) is 6.92 Å². The number of aromatic nitrogens is 1. The van der Waals surface area contributed by atoms with E-state index in [4.69, 9.17) is 0 Å². The molecule has 0 atom stereocenters. The smallest absolute Gasteiger partial charge is 0.260 e. The summed E-state index contributed by atoms with van der Waals surface area (Å²) in [7, 11) is -1.93. The Morgan fingerprint density at radius 2 is 1.96 bits per heavy atom. The van der Waals surface area contributed by atoms with E-state index in [9.17, 15) is 18.0 Å². The van der Waals surface area contributed by atoms with Crippen molar-refractivity contribution < 1.29 is 13.2 Å². The average molecular weight is 348 g/mol. The molecular weight excluding hydrogens is 328 g/mol. The minimum absolute atomic E-state index is 0.0584. The number of aryl methyl sites for hydroxylation is 1. The molecule has 0 aliphatic rings. The number of aromatic amines is 1. The Morgan fingerprint density at radius 3 is 2.58 bits per heavy atom. The Bertz CT molecular complexity index is 916. The number of H-pyrrole nitrogens is 1. The van der Waals surface area contributed by atoms with Crippen LogP contribution in [0.25, 0.3) is 0 Å². The quantitative estimate of drug-likeness (QED) is 0.892. The van der Waals surface area contributed by atoms with Crippen LogP contribution in [0.4, 0.5) is 0 Å². The van der Waals surface area contributed by atoms with Crippen LogP contribution in [-0.4, -0.2) is 37.0 Å². The third-order valence-corrected chi connectivity index (χ3v) is 5.41. The molecule has 1 N–H and O–H groups in total. The Hall–Kier alpha value is -2.41. The van der Waals surface area contributed by atoms with Gasteiger partial charge in [-0.1, -0.05) is 36.8 Å². The molecule has 0 saturated carbocycles. The van der Waals surface area contributed by atoms with Crippen LogP contribution in [-0.2, 0) is 16.4 Å². The summed E-state index contributed by atoms with van der Waals surface area (Å²) < 4.78 is 23.9. The molecule has 0 unspecified atom stereocenters. The lowest BCUT2D eigenvalue weighted by Gasteiger charge is -2.17. The van der Waals surface area contributed by atoms with Gasteiger partial charge in [-0.05, 0) is 18.6 Å². The predicted octanol–water partition coefficient (Wildman–Crippen LogP) is 1.75. The summed E-state index contributed by atoms with van der Waals surface area (Å²) in [4.78, 5) is 28.1. The van der Waals surface area contributed by atoms with Gasteiger partial charge < -0.3 is 9.88 Å². The standard InChI is InChI=1S/C17H20N2O4S/c1-4-24(22,23)14-9-15(16(20)18-10-14)17(21)19(3)11-13-7-5-6-12(2)8-13/h5-10H,4,11H2,1-3H3,(H,18,20). The molecule has 0 fully saturated rings. The molecule has 2 aromatic rings. The third-order valence-electron chi connectivity index (χ3n) is 3.70. The van der Waals surface area contributed by atoms with Gasteiger partial charge in [-0.25, -0.2) is 8.42 Å². The molecule has 2 rings (SSSR count). The van der Waals surface area contributed by atoms with Crippen molar-refractivity contribution in [1.82, 2.24) is 9.88 Å². The van der Waals surface area contributed by atoms with Crippen molar-refractivity contribution in [3.63, 3.8) is 0 Å². The second kappa shape index (κ2) is 7.00. The first-order valence-corrected chi connectivity index (χ1v) is 9.16. The van der Waals surface area contributed by atoms with Gasteiger partial charge in [0, 0.05) is 19.8 Å². The van der Waals surface area contributed by atoms with Gasteiger partial charge in [-0.15, -0.1) is 0 Å². The van der Waals surface area contributed by atoms with E-state index in [0.29, 0.717) is 6.54 Å². The number of carbonyl (C=O) groups is 1. The first-order valence-electron chi connectivity index (χ1n) is 7.51. The molecule has 0 radical (unpaired) electrons. The summed E-state index contributed by atoms with van der Waals surface area (Å²) in [5.74, 6) is -0.628. The van der Waals surface area contributed by atoms with Crippen LogP contribution in [0.15, 0.2) is 46.2 Å². The fourth-order valence-electron chi connectivity index (χ4n) is 2.33. The fraction of sp³-hybridized carbons (Fsp3) is 0.294. The third kappa shape index (κ3) is 3.91. The Labute approximate surface area is 141 Å². The van der Waals surface area contributed by atoms with Crippen molar-refractivity contribution in [3.8, 4) is 0 Å². The monoisotopic (exact) mass is 348 g/mol. The SMILES string of the molecule is CCS(=O)(=O)c1c[nH]c(=O)c(C(=O)N(C)Cc2cccc(C)c2)c1. The molecular formula is C17H20N2O4S. The number of carbonyl (C=O) groups excluding carboxylic acids is 1. The summed E-state index contributed by atoms with van der Waals surface area (Å²) in [5.41, 5.74) is 1.22. The van der Waals surface area contributed by atoms with Crippen LogP contribution < -0.4 is 5.56 Å². The number of rotatable bonds is 5. The molecule has 1 heterocycles. The maximum Gasteiger partial charge on any atom is 0.260 e. The highest BCUT2D eigenvalue weighted by Gasteiger charge is 2.20. The van der Waals surface area contributed by atoms with Crippen molar-refractivity contribution in [1.29, 1.82) is 0 Å². The van der Waals surface area contributed by atoms with Crippen molar-refractivity contribution >= 4 is 15.7 Å². The van der Waals surface area contributed by atoms with Gasteiger partial charge in [-0.3, -0.25) is 9.59 Å². The number of nitrogens with zero attached hydrogens (tertiary/aromatic N) is 1. The number of hydrogen-bond donors (Lipinski definition) is 1. The first kappa shape index (κ1) is 17.9. The van der Waals surface area contributed by atoms with Gasteiger partial charge in [0.1, 0.15) is 5.56 Å². The molecule has 24 heavy (non-hydrogen) atoms. The van der Waals surface area contributed by atoms with Crippen molar-refractivity contribution in [2.24, 2.45) is 0 Å². The molecule has 0 aliphatic carbocycles. The van der Waals surface area contributed by atoms with Crippen molar-refractivity contribution in [2.75, 3.05) is 12.8 Å². The molecule has 0 aliphatic heterocycles. The lowest BCUT2D eigenvalue weighted by Crippen LogP contribution is -2.31. The lowest BCUT2D eigenvalue weighted by molar-refractivity contribution is 0.0783. The summed E-state index contributed by atoms with van der Waals surface area (Å²) in [5, 5.41) is 0. The van der Waals surface area contributed by atoms with E-state index in [1.165, 1.54) is 11.8 Å². The number of amides is 1. The second-order valence-corrected chi connectivity index (χ2v) is 7.91. The highest BCUT2D eigenvalue weighted by molar-refractivity contribution is 7.91. The summed E-state index contributed by atoms with van der Waals surface area (Å²) in [6.07, 6.45) is 1.12. The van der Waals surface area contributed by atoms with E-state index in [0.717, 1.165) is 23.4 Å². The highest BCUT2D eigenvalue weighted by atomic mass is 32.2. The number of sulfone groups is 1. The fourth-order valence-corrected chi connectivity index (χ4v) is 3.20. The minimum atomic E-state index is -3.50. The number of benzene rings is 1.